The molecule has 0 unspecified atom stereocenters. The van der Waals surface area contributed by atoms with Gasteiger partial charge in [-0.25, -0.2) is 9.89 Å². The Morgan fingerprint density at radius 1 is 1.48 bits per heavy atom. The summed E-state index contributed by atoms with van der Waals surface area (Å²) < 4.78 is 7.05. The molecule has 0 fully saturated rings. The van der Waals surface area contributed by atoms with Crippen molar-refractivity contribution in [2.75, 3.05) is 12.8 Å². The number of aromatic nitrogens is 3. The molecule has 2 heterocycles. The lowest BCUT2D eigenvalue weighted by molar-refractivity contribution is -0.127. The van der Waals surface area contributed by atoms with Crippen LogP contribution in [0.4, 0.5) is 0 Å². The van der Waals surface area contributed by atoms with Gasteiger partial charge in [0, 0.05) is 13.6 Å². The monoisotopic (exact) mass is 338 g/mol. The van der Waals surface area contributed by atoms with Crippen molar-refractivity contribution in [3.05, 3.63) is 34.1 Å². The summed E-state index contributed by atoms with van der Waals surface area (Å²) in [6, 6.07) is 3.74. The van der Waals surface area contributed by atoms with E-state index in [1.807, 2.05) is 19.1 Å². The number of H-pyrrole nitrogens is 1. The molecule has 126 valence electrons. The third-order valence-corrected chi connectivity index (χ3v) is 4.36. The third-order valence-electron chi connectivity index (χ3n) is 3.40. The van der Waals surface area contributed by atoms with Crippen molar-refractivity contribution in [2.45, 2.75) is 44.9 Å². The molecule has 0 aliphatic carbocycles. The second-order valence-electron chi connectivity index (χ2n) is 5.37. The lowest BCUT2D eigenvalue weighted by Crippen LogP contribution is -2.28. The largest absolute Gasteiger partial charge is 0.464 e. The molecule has 0 spiro atoms. The first-order valence-corrected chi connectivity index (χ1v) is 8.57. The Hall–Kier alpha value is -1.96. The molecule has 0 aliphatic rings. The number of carbonyl (C=O) groups is 1. The van der Waals surface area contributed by atoms with Crippen molar-refractivity contribution in [3.8, 4) is 0 Å². The predicted octanol–water partition coefficient (Wildman–Crippen LogP) is 2.02. The number of carbonyl (C=O) groups excluding carboxylic acids is 1. The highest BCUT2D eigenvalue weighted by atomic mass is 32.2. The van der Waals surface area contributed by atoms with E-state index in [0.717, 1.165) is 24.4 Å². The Morgan fingerprint density at radius 3 is 2.91 bits per heavy atom. The second-order valence-corrected chi connectivity index (χ2v) is 6.31. The summed E-state index contributed by atoms with van der Waals surface area (Å²) in [4.78, 5) is 25.5. The van der Waals surface area contributed by atoms with E-state index in [9.17, 15) is 9.59 Å². The molecule has 2 rings (SSSR count). The fourth-order valence-corrected chi connectivity index (χ4v) is 2.97. The Bertz CT molecular complexity index is 704. The van der Waals surface area contributed by atoms with Gasteiger partial charge in [-0.1, -0.05) is 25.1 Å². The Kier molecular flexibility index (Phi) is 6.09. The van der Waals surface area contributed by atoms with Crippen LogP contribution in [0.25, 0.3) is 0 Å². The van der Waals surface area contributed by atoms with Gasteiger partial charge in [0.05, 0.1) is 12.3 Å². The molecule has 1 N–H and O–H groups in total. The van der Waals surface area contributed by atoms with Gasteiger partial charge >= 0.3 is 5.69 Å². The zero-order chi connectivity index (χ0) is 16.8. The van der Waals surface area contributed by atoms with Crippen LogP contribution >= 0.6 is 11.8 Å². The van der Waals surface area contributed by atoms with Gasteiger partial charge in [0.1, 0.15) is 11.5 Å². The average molecular weight is 338 g/mol. The van der Waals surface area contributed by atoms with E-state index >= 15 is 0 Å². The van der Waals surface area contributed by atoms with E-state index in [1.54, 1.807) is 16.5 Å². The summed E-state index contributed by atoms with van der Waals surface area (Å²) in [5.41, 5.74) is -0.229. The van der Waals surface area contributed by atoms with E-state index in [-0.39, 0.29) is 17.3 Å². The summed E-state index contributed by atoms with van der Waals surface area (Å²) in [6.07, 6.45) is 1.89. The smallest absolute Gasteiger partial charge is 0.343 e. The van der Waals surface area contributed by atoms with Crippen LogP contribution in [0, 0.1) is 6.92 Å². The first-order valence-electron chi connectivity index (χ1n) is 7.58. The number of aryl methyl sites for hydroxylation is 1. The van der Waals surface area contributed by atoms with Crippen molar-refractivity contribution in [1.29, 1.82) is 0 Å². The van der Waals surface area contributed by atoms with Crippen LogP contribution in [0.5, 0.6) is 0 Å². The summed E-state index contributed by atoms with van der Waals surface area (Å²) in [6.45, 7) is 4.97. The molecule has 2 aromatic rings. The van der Waals surface area contributed by atoms with Crippen molar-refractivity contribution < 1.29 is 9.21 Å². The van der Waals surface area contributed by atoms with Crippen molar-refractivity contribution in [1.82, 2.24) is 19.7 Å². The van der Waals surface area contributed by atoms with E-state index in [1.165, 1.54) is 11.8 Å². The molecule has 0 atom stereocenters. The van der Waals surface area contributed by atoms with Crippen LogP contribution in [0.3, 0.4) is 0 Å². The summed E-state index contributed by atoms with van der Waals surface area (Å²) in [5.74, 6) is 1.77. The van der Waals surface area contributed by atoms with Crippen LogP contribution < -0.4 is 5.69 Å². The molecule has 0 saturated heterocycles. The number of hydrogen-bond donors (Lipinski definition) is 1. The molecular formula is C15H22N4O3S. The summed E-state index contributed by atoms with van der Waals surface area (Å²) in [7, 11) is 1.73. The molecule has 7 nitrogen and oxygen atoms in total. The van der Waals surface area contributed by atoms with Gasteiger partial charge in [0.2, 0.25) is 5.91 Å². The zero-order valence-electron chi connectivity index (χ0n) is 13.7. The van der Waals surface area contributed by atoms with Crippen LogP contribution in [0.1, 0.15) is 31.3 Å². The second kappa shape index (κ2) is 8.05. The first-order chi connectivity index (χ1) is 11.0. The third kappa shape index (κ3) is 4.75. The maximum atomic E-state index is 12.2. The minimum Gasteiger partial charge on any atom is -0.464 e. The van der Waals surface area contributed by atoms with E-state index < -0.39 is 0 Å². The number of thioether (sulfide) groups is 1. The lowest BCUT2D eigenvalue weighted by Gasteiger charge is -2.15. The molecule has 2 aromatic heterocycles. The number of unbranched alkanes of at least 4 members (excludes halogenated alkanes) is 1. The molecule has 0 saturated carbocycles. The fourth-order valence-electron chi connectivity index (χ4n) is 2.06. The maximum Gasteiger partial charge on any atom is 0.343 e. The minimum atomic E-state index is -0.229. The SMILES string of the molecule is CCCCn1c(SCC(=O)N(C)Cc2ccc(C)o2)n[nH]c1=O. The van der Waals surface area contributed by atoms with Crippen LogP contribution in [-0.4, -0.2) is 38.4 Å². The minimum absolute atomic E-state index is 0.0402. The molecule has 23 heavy (non-hydrogen) atoms. The molecule has 8 heteroatoms. The Labute approximate surface area is 139 Å². The van der Waals surface area contributed by atoms with Crippen LogP contribution in [0.15, 0.2) is 26.5 Å². The number of nitrogens with zero attached hydrogens (tertiary/aromatic N) is 3. The predicted molar refractivity (Wildman–Crippen MR) is 88.4 cm³/mol. The standard InChI is InChI=1S/C15H22N4O3S/c1-4-5-8-19-14(21)16-17-15(19)23-10-13(20)18(3)9-12-7-6-11(2)22-12/h6-7H,4-5,8-10H2,1-3H3,(H,16,21). The number of rotatable bonds is 8. The van der Waals surface area contributed by atoms with Gasteiger partial charge in [-0.2, -0.15) is 0 Å². The normalized spacial score (nSPS) is 10.9. The molecule has 0 aromatic carbocycles. The number of hydrogen-bond acceptors (Lipinski definition) is 5. The Balaban J connectivity index is 1.90. The van der Waals surface area contributed by atoms with Gasteiger partial charge in [0.25, 0.3) is 0 Å². The maximum absolute atomic E-state index is 12.2. The van der Waals surface area contributed by atoms with Gasteiger partial charge in [-0.05, 0) is 25.5 Å². The van der Waals surface area contributed by atoms with Gasteiger partial charge in [-0.3, -0.25) is 9.36 Å². The van der Waals surface area contributed by atoms with Gasteiger partial charge in [-0.15, -0.1) is 5.10 Å². The highest BCUT2D eigenvalue weighted by Gasteiger charge is 2.15. The van der Waals surface area contributed by atoms with Crippen molar-refractivity contribution >= 4 is 17.7 Å². The van der Waals surface area contributed by atoms with Gasteiger partial charge < -0.3 is 9.32 Å². The quantitative estimate of drug-likeness (QED) is 0.745. The van der Waals surface area contributed by atoms with Crippen LogP contribution in [-0.2, 0) is 17.9 Å². The number of furan rings is 1. The molecule has 0 aliphatic heterocycles. The average Bonchev–Trinajstić information content (AvgIpc) is 3.08. The zero-order valence-corrected chi connectivity index (χ0v) is 14.5. The molecular weight excluding hydrogens is 316 g/mol. The summed E-state index contributed by atoms with van der Waals surface area (Å²) >= 11 is 1.27. The number of amides is 1. The van der Waals surface area contributed by atoms with Gasteiger partial charge in [0.15, 0.2) is 5.16 Å². The first kappa shape index (κ1) is 17.4. The van der Waals surface area contributed by atoms with Crippen molar-refractivity contribution in [3.63, 3.8) is 0 Å². The van der Waals surface area contributed by atoms with Crippen LogP contribution in [0.2, 0.25) is 0 Å². The molecule has 0 radical (unpaired) electrons. The van der Waals surface area contributed by atoms with E-state index in [2.05, 4.69) is 17.1 Å². The van der Waals surface area contributed by atoms with Crippen molar-refractivity contribution in [2.24, 2.45) is 0 Å². The number of nitrogens with one attached hydrogen (secondary N) is 1. The lowest BCUT2D eigenvalue weighted by atomic mass is 10.3. The highest BCUT2D eigenvalue weighted by molar-refractivity contribution is 7.99. The molecule has 0 bridgehead atoms. The van der Waals surface area contributed by atoms with E-state index in [0.29, 0.717) is 18.2 Å². The fraction of sp³-hybridized carbons (Fsp3) is 0.533. The summed E-state index contributed by atoms with van der Waals surface area (Å²) in [5, 5.41) is 6.98. The number of aromatic amines is 1. The Morgan fingerprint density at radius 2 is 2.26 bits per heavy atom. The molecule has 1 amide bonds. The topological polar surface area (TPSA) is 84.1 Å². The highest BCUT2D eigenvalue weighted by Crippen LogP contribution is 2.15. The van der Waals surface area contributed by atoms with E-state index in [4.69, 9.17) is 4.42 Å².